The topological polar surface area (TPSA) is 59.1 Å². The van der Waals surface area contributed by atoms with Crippen molar-refractivity contribution < 1.29 is 4.74 Å². The van der Waals surface area contributed by atoms with E-state index in [2.05, 4.69) is 39.3 Å². The molecule has 0 aromatic carbocycles. The van der Waals surface area contributed by atoms with E-state index in [0.29, 0.717) is 19.3 Å². The van der Waals surface area contributed by atoms with E-state index < -0.39 is 0 Å². The molecule has 0 radical (unpaired) electrons. The van der Waals surface area contributed by atoms with Gasteiger partial charge in [0.25, 0.3) is 0 Å². The van der Waals surface area contributed by atoms with Crippen LogP contribution in [-0.2, 0) is 11.3 Å². The molecule has 1 fully saturated rings. The highest BCUT2D eigenvalue weighted by Crippen LogP contribution is 2.31. The summed E-state index contributed by atoms with van der Waals surface area (Å²) in [5.41, 5.74) is 0. The van der Waals surface area contributed by atoms with Gasteiger partial charge >= 0.3 is 0 Å². The summed E-state index contributed by atoms with van der Waals surface area (Å²) in [4.78, 5) is 8.98. The summed E-state index contributed by atoms with van der Waals surface area (Å²) in [5, 5.41) is 7.44. The number of rotatable bonds is 8. The molecule has 1 aliphatic rings. The second kappa shape index (κ2) is 8.44. The van der Waals surface area contributed by atoms with Crippen LogP contribution < -0.4 is 10.6 Å². The zero-order chi connectivity index (χ0) is 15.1. The fourth-order valence-electron chi connectivity index (χ4n) is 2.62. The molecular formula is C15H26N4OS. The second-order valence-corrected chi connectivity index (χ2v) is 6.75. The Balaban J connectivity index is 1.98. The molecule has 5 nitrogen and oxygen atoms in total. The first-order chi connectivity index (χ1) is 10.2. The van der Waals surface area contributed by atoms with Gasteiger partial charge in [0.05, 0.1) is 0 Å². The summed E-state index contributed by atoms with van der Waals surface area (Å²) >= 11 is 2.07. The highest BCUT2D eigenvalue weighted by molar-refractivity contribution is 7.99. The number of ether oxygens (including phenoxy) is 1. The number of nitrogens with zero attached hydrogens (tertiary/aromatic N) is 2. The summed E-state index contributed by atoms with van der Waals surface area (Å²) < 4.78 is 5.41. The van der Waals surface area contributed by atoms with Gasteiger partial charge in [0.15, 0.2) is 5.82 Å². The highest BCUT2D eigenvalue weighted by Gasteiger charge is 2.24. The van der Waals surface area contributed by atoms with Crippen LogP contribution in [0.5, 0.6) is 0 Å². The molecule has 2 N–H and O–H groups in total. The van der Waals surface area contributed by atoms with E-state index in [1.54, 1.807) is 0 Å². The second-order valence-electron chi connectivity index (χ2n) is 5.17. The van der Waals surface area contributed by atoms with E-state index in [1.807, 2.05) is 20.0 Å². The van der Waals surface area contributed by atoms with Crippen LogP contribution in [0.4, 0.5) is 11.6 Å². The van der Waals surface area contributed by atoms with Gasteiger partial charge in [-0.2, -0.15) is 11.8 Å². The standard InChI is InChI=1S/C15H26N4OS/c1-4-20-10-15-18-13(16-3)9-14(19-15)17-11-6-7-12(8-11)21-5-2/h9,11-12H,4-8,10H2,1-3H3,(H2,16,17,18,19). The van der Waals surface area contributed by atoms with Gasteiger partial charge in [0, 0.05) is 31.0 Å². The minimum Gasteiger partial charge on any atom is -0.374 e. The smallest absolute Gasteiger partial charge is 0.158 e. The fraction of sp³-hybridized carbons (Fsp3) is 0.733. The van der Waals surface area contributed by atoms with Gasteiger partial charge in [-0.25, -0.2) is 9.97 Å². The number of anilines is 2. The van der Waals surface area contributed by atoms with Crippen molar-refractivity contribution in [1.82, 2.24) is 9.97 Å². The minimum absolute atomic E-state index is 0.458. The molecule has 0 bridgehead atoms. The van der Waals surface area contributed by atoms with Crippen molar-refractivity contribution in [2.24, 2.45) is 0 Å². The third-order valence-corrected chi connectivity index (χ3v) is 4.84. The molecule has 2 unspecified atom stereocenters. The molecule has 21 heavy (non-hydrogen) atoms. The summed E-state index contributed by atoms with van der Waals surface area (Å²) in [6, 6.07) is 2.49. The summed E-state index contributed by atoms with van der Waals surface area (Å²) in [5.74, 6) is 3.66. The van der Waals surface area contributed by atoms with Gasteiger partial charge < -0.3 is 15.4 Å². The first kappa shape index (κ1) is 16.4. The monoisotopic (exact) mass is 310 g/mol. The average molecular weight is 310 g/mol. The van der Waals surface area contributed by atoms with Crippen molar-refractivity contribution >= 4 is 23.4 Å². The van der Waals surface area contributed by atoms with Crippen LogP contribution in [0.3, 0.4) is 0 Å². The van der Waals surface area contributed by atoms with Crippen LogP contribution in [-0.4, -0.2) is 40.7 Å². The van der Waals surface area contributed by atoms with E-state index in [1.165, 1.54) is 25.0 Å². The van der Waals surface area contributed by atoms with Crippen molar-refractivity contribution in [2.45, 2.75) is 51.0 Å². The molecule has 2 atom stereocenters. The lowest BCUT2D eigenvalue weighted by Gasteiger charge is -2.15. The Hall–Kier alpha value is -1.01. The molecule has 0 amide bonds. The summed E-state index contributed by atoms with van der Waals surface area (Å²) in [6.45, 7) is 5.34. The third-order valence-electron chi connectivity index (χ3n) is 3.60. The van der Waals surface area contributed by atoms with Crippen molar-refractivity contribution in [3.8, 4) is 0 Å². The molecular weight excluding hydrogens is 284 g/mol. The number of hydrogen-bond donors (Lipinski definition) is 2. The van der Waals surface area contributed by atoms with Gasteiger partial charge in [-0.1, -0.05) is 6.92 Å². The van der Waals surface area contributed by atoms with Crippen molar-refractivity contribution in [2.75, 3.05) is 30.0 Å². The van der Waals surface area contributed by atoms with E-state index in [0.717, 1.165) is 22.7 Å². The normalized spacial score (nSPS) is 21.5. The van der Waals surface area contributed by atoms with E-state index >= 15 is 0 Å². The van der Waals surface area contributed by atoms with Gasteiger partial charge in [-0.3, -0.25) is 0 Å². The number of thioether (sulfide) groups is 1. The SMILES string of the molecule is CCOCc1nc(NC)cc(NC2CCC(SCC)C2)n1. The maximum Gasteiger partial charge on any atom is 0.158 e. The Morgan fingerprint density at radius 1 is 1.29 bits per heavy atom. The largest absolute Gasteiger partial charge is 0.374 e. The molecule has 2 rings (SSSR count). The summed E-state index contributed by atoms with van der Waals surface area (Å²) in [7, 11) is 1.88. The van der Waals surface area contributed by atoms with Crippen LogP contribution in [0.1, 0.15) is 38.9 Å². The molecule has 1 saturated carbocycles. The molecule has 0 aliphatic heterocycles. The lowest BCUT2D eigenvalue weighted by atomic mass is 10.2. The molecule has 0 saturated heterocycles. The Labute approximate surface area is 131 Å². The van der Waals surface area contributed by atoms with Gasteiger partial charge in [-0.15, -0.1) is 0 Å². The minimum atomic E-state index is 0.458. The Bertz CT molecular complexity index is 444. The number of hydrogen-bond acceptors (Lipinski definition) is 6. The first-order valence-electron chi connectivity index (χ1n) is 7.76. The van der Waals surface area contributed by atoms with Crippen LogP contribution in [0, 0.1) is 0 Å². The van der Waals surface area contributed by atoms with Crippen LogP contribution in [0.15, 0.2) is 6.07 Å². The van der Waals surface area contributed by atoms with Crippen LogP contribution in [0.25, 0.3) is 0 Å². The Kier molecular flexibility index (Phi) is 6.57. The number of aromatic nitrogens is 2. The molecule has 1 aromatic rings. The van der Waals surface area contributed by atoms with Gasteiger partial charge in [-0.05, 0) is 31.9 Å². The lowest BCUT2D eigenvalue weighted by molar-refractivity contribution is 0.128. The number of nitrogens with one attached hydrogen (secondary N) is 2. The molecule has 0 spiro atoms. The maximum atomic E-state index is 5.41. The van der Waals surface area contributed by atoms with E-state index in [4.69, 9.17) is 4.74 Å². The fourth-order valence-corrected chi connectivity index (χ4v) is 3.77. The van der Waals surface area contributed by atoms with E-state index in [9.17, 15) is 0 Å². The quantitative estimate of drug-likeness (QED) is 0.769. The summed E-state index contributed by atoms with van der Waals surface area (Å²) in [6.07, 6.45) is 3.74. The third kappa shape index (κ3) is 5.04. The Morgan fingerprint density at radius 2 is 2.10 bits per heavy atom. The molecule has 1 aromatic heterocycles. The predicted octanol–water partition coefficient (Wildman–Crippen LogP) is 3.14. The first-order valence-corrected chi connectivity index (χ1v) is 8.81. The molecule has 1 aliphatic carbocycles. The van der Waals surface area contributed by atoms with Crippen molar-refractivity contribution in [1.29, 1.82) is 0 Å². The van der Waals surface area contributed by atoms with Gasteiger partial charge in [0.1, 0.15) is 18.2 Å². The van der Waals surface area contributed by atoms with Gasteiger partial charge in [0.2, 0.25) is 0 Å². The average Bonchev–Trinajstić information content (AvgIpc) is 2.92. The van der Waals surface area contributed by atoms with Crippen molar-refractivity contribution in [3.63, 3.8) is 0 Å². The van der Waals surface area contributed by atoms with Crippen LogP contribution in [0.2, 0.25) is 0 Å². The van der Waals surface area contributed by atoms with E-state index in [-0.39, 0.29) is 0 Å². The Morgan fingerprint density at radius 3 is 2.81 bits per heavy atom. The highest BCUT2D eigenvalue weighted by atomic mass is 32.2. The maximum absolute atomic E-state index is 5.41. The zero-order valence-electron chi connectivity index (χ0n) is 13.2. The van der Waals surface area contributed by atoms with Crippen LogP contribution >= 0.6 is 11.8 Å². The zero-order valence-corrected chi connectivity index (χ0v) is 14.0. The van der Waals surface area contributed by atoms with Crippen molar-refractivity contribution in [3.05, 3.63) is 11.9 Å². The lowest BCUT2D eigenvalue weighted by Crippen LogP contribution is -2.18. The molecule has 1 heterocycles. The molecule has 6 heteroatoms. The predicted molar refractivity (Wildman–Crippen MR) is 90.1 cm³/mol. The molecule has 118 valence electrons.